The van der Waals surface area contributed by atoms with E-state index in [2.05, 4.69) is 0 Å². The number of piperidine rings is 1. The lowest BCUT2D eigenvalue weighted by molar-refractivity contribution is -0.384. The first-order valence-corrected chi connectivity index (χ1v) is 6.68. The molecule has 1 aliphatic rings. The number of ether oxygens (including phenoxy) is 1. The van der Waals surface area contributed by atoms with E-state index in [-0.39, 0.29) is 29.5 Å². The van der Waals surface area contributed by atoms with Crippen molar-refractivity contribution in [3.05, 3.63) is 33.9 Å². The predicted octanol–water partition coefficient (Wildman–Crippen LogP) is 1.59. The number of β-amino-alcohol motifs (C(OH)–C–C–N with tert-alkyl or cyclic N) is 1. The molecule has 0 bridgehead atoms. The monoisotopic (exact) mass is 294 g/mol. The Hall–Kier alpha value is -2.15. The van der Waals surface area contributed by atoms with Crippen molar-refractivity contribution in [1.82, 2.24) is 4.90 Å². The number of carbonyl (C=O) groups is 1. The zero-order valence-corrected chi connectivity index (χ0v) is 12.0. The van der Waals surface area contributed by atoms with Crippen LogP contribution in [0.1, 0.15) is 30.1 Å². The van der Waals surface area contributed by atoms with Gasteiger partial charge in [0.05, 0.1) is 29.3 Å². The van der Waals surface area contributed by atoms with Gasteiger partial charge in [0.2, 0.25) is 0 Å². The van der Waals surface area contributed by atoms with Gasteiger partial charge in [-0.1, -0.05) is 0 Å². The number of carbonyl (C=O) groups excluding carboxylic acids is 1. The maximum atomic E-state index is 12.5. The number of nitro benzene ring substituents is 1. The Labute approximate surface area is 122 Å². The second-order valence-corrected chi connectivity index (χ2v) is 5.47. The van der Waals surface area contributed by atoms with E-state index in [0.717, 1.165) is 0 Å². The third kappa shape index (κ3) is 3.30. The maximum absolute atomic E-state index is 12.5. The molecule has 1 aromatic carbocycles. The number of amides is 1. The molecule has 1 aliphatic heterocycles. The van der Waals surface area contributed by atoms with E-state index in [1.54, 1.807) is 11.8 Å². The highest BCUT2D eigenvalue weighted by Crippen LogP contribution is 2.28. The van der Waals surface area contributed by atoms with E-state index in [1.807, 2.05) is 0 Å². The Morgan fingerprint density at radius 2 is 2.24 bits per heavy atom. The largest absolute Gasteiger partial charge is 0.496 e. The van der Waals surface area contributed by atoms with Crippen LogP contribution in [0.5, 0.6) is 5.75 Å². The van der Waals surface area contributed by atoms with Crippen LogP contribution in [0.2, 0.25) is 0 Å². The van der Waals surface area contributed by atoms with Crippen molar-refractivity contribution in [3.63, 3.8) is 0 Å². The predicted molar refractivity (Wildman–Crippen MR) is 75.4 cm³/mol. The van der Waals surface area contributed by atoms with Crippen LogP contribution in [0.15, 0.2) is 18.2 Å². The maximum Gasteiger partial charge on any atom is 0.273 e. The van der Waals surface area contributed by atoms with Gasteiger partial charge in [0.15, 0.2) is 0 Å². The highest BCUT2D eigenvalue weighted by molar-refractivity contribution is 5.97. The molecule has 114 valence electrons. The molecule has 1 atom stereocenters. The Bertz CT molecular complexity index is 570. The average molecular weight is 294 g/mol. The standard InChI is InChI=1S/C14H18N2O5/c1-14(18)6-3-7-15(9-14)13(17)11-5-4-10(16(19)20)8-12(11)21-2/h4-5,8,18H,3,6-7,9H2,1-2H3. The van der Waals surface area contributed by atoms with Crippen LogP contribution in [0.25, 0.3) is 0 Å². The summed E-state index contributed by atoms with van der Waals surface area (Å²) in [6.07, 6.45) is 1.36. The summed E-state index contributed by atoms with van der Waals surface area (Å²) in [5.74, 6) is -0.124. The van der Waals surface area contributed by atoms with Crippen molar-refractivity contribution in [2.45, 2.75) is 25.4 Å². The molecule has 7 heteroatoms. The smallest absolute Gasteiger partial charge is 0.273 e. The second kappa shape index (κ2) is 5.69. The number of benzene rings is 1. The number of non-ortho nitro benzene ring substituents is 1. The van der Waals surface area contributed by atoms with Crippen LogP contribution in [-0.4, -0.2) is 46.6 Å². The first-order chi connectivity index (χ1) is 9.84. The molecule has 1 amide bonds. The lowest BCUT2D eigenvalue weighted by Gasteiger charge is -2.37. The van der Waals surface area contributed by atoms with Crippen LogP contribution < -0.4 is 4.74 Å². The SMILES string of the molecule is COc1cc([N+](=O)[O-])ccc1C(=O)N1CCCC(C)(O)C1. The zero-order valence-electron chi connectivity index (χ0n) is 12.0. The van der Waals surface area contributed by atoms with Crippen molar-refractivity contribution >= 4 is 11.6 Å². The van der Waals surface area contributed by atoms with Gasteiger partial charge in [-0.3, -0.25) is 14.9 Å². The minimum Gasteiger partial charge on any atom is -0.496 e. The van der Waals surface area contributed by atoms with Crippen molar-refractivity contribution in [1.29, 1.82) is 0 Å². The Morgan fingerprint density at radius 3 is 2.81 bits per heavy atom. The van der Waals surface area contributed by atoms with E-state index in [0.29, 0.717) is 19.4 Å². The van der Waals surface area contributed by atoms with Gasteiger partial charge in [0, 0.05) is 19.2 Å². The Morgan fingerprint density at radius 1 is 1.52 bits per heavy atom. The quantitative estimate of drug-likeness (QED) is 0.675. The summed E-state index contributed by atoms with van der Waals surface area (Å²) < 4.78 is 5.09. The summed E-state index contributed by atoms with van der Waals surface area (Å²) in [5, 5.41) is 20.8. The van der Waals surface area contributed by atoms with E-state index >= 15 is 0 Å². The summed E-state index contributed by atoms with van der Waals surface area (Å²) in [6.45, 7) is 2.49. The summed E-state index contributed by atoms with van der Waals surface area (Å²) >= 11 is 0. The molecular weight excluding hydrogens is 276 g/mol. The number of likely N-dealkylation sites (tertiary alicyclic amines) is 1. The van der Waals surface area contributed by atoms with Gasteiger partial charge in [0.1, 0.15) is 5.75 Å². The topological polar surface area (TPSA) is 92.9 Å². The number of aliphatic hydroxyl groups is 1. The van der Waals surface area contributed by atoms with Crippen LogP contribution in [0.3, 0.4) is 0 Å². The second-order valence-electron chi connectivity index (χ2n) is 5.47. The van der Waals surface area contributed by atoms with Crippen molar-refractivity contribution in [3.8, 4) is 5.75 Å². The van der Waals surface area contributed by atoms with Crippen LogP contribution >= 0.6 is 0 Å². The Balaban J connectivity index is 2.28. The number of hydrogen-bond donors (Lipinski definition) is 1. The number of hydrogen-bond acceptors (Lipinski definition) is 5. The van der Waals surface area contributed by atoms with E-state index < -0.39 is 10.5 Å². The highest BCUT2D eigenvalue weighted by Gasteiger charge is 2.32. The molecule has 21 heavy (non-hydrogen) atoms. The third-order valence-corrected chi connectivity index (χ3v) is 3.59. The van der Waals surface area contributed by atoms with Gasteiger partial charge in [-0.05, 0) is 25.8 Å². The van der Waals surface area contributed by atoms with E-state index in [4.69, 9.17) is 4.74 Å². The van der Waals surface area contributed by atoms with Crippen LogP contribution in [-0.2, 0) is 0 Å². The van der Waals surface area contributed by atoms with Crippen molar-refractivity contribution in [2.24, 2.45) is 0 Å². The minimum atomic E-state index is -0.901. The average Bonchev–Trinajstić information content (AvgIpc) is 2.44. The first-order valence-electron chi connectivity index (χ1n) is 6.68. The molecule has 0 aromatic heterocycles. The molecule has 7 nitrogen and oxygen atoms in total. The van der Waals surface area contributed by atoms with Crippen molar-refractivity contribution in [2.75, 3.05) is 20.2 Å². The molecule has 1 unspecified atom stereocenters. The number of methoxy groups -OCH3 is 1. The molecule has 0 saturated carbocycles. The summed E-state index contributed by atoms with van der Waals surface area (Å²) in [6, 6.07) is 3.90. The van der Waals surface area contributed by atoms with Gasteiger partial charge in [0.25, 0.3) is 11.6 Å². The fourth-order valence-corrected chi connectivity index (χ4v) is 2.53. The molecular formula is C14H18N2O5. The molecule has 0 aliphatic carbocycles. The molecule has 2 rings (SSSR count). The lowest BCUT2D eigenvalue weighted by Crippen LogP contribution is -2.48. The summed E-state index contributed by atoms with van der Waals surface area (Å²) in [4.78, 5) is 24.3. The van der Waals surface area contributed by atoms with Gasteiger partial charge in [-0.2, -0.15) is 0 Å². The van der Waals surface area contributed by atoms with Crippen LogP contribution in [0.4, 0.5) is 5.69 Å². The minimum absolute atomic E-state index is 0.131. The van der Waals surface area contributed by atoms with Crippen molar-refractivity contribution < 1.29 is 19.6 Å². The van der Waals surface area contributed by atoms with Gasteiger partial charge in [-0.25, -0.2) is 0 Å². The molecule has 1 fully saturated rings. The van der Waals surface area contributed by atoms with Gasteiger partial charge >= 0.3 is 0 Å². The normalized spacial score (nSPS) is 22.0. The van der Waals surface area contributed by atoms with Crippen LogP contribution in [0, 0.1) is 10.1 Å². The first kappa shape index (κ1) is 15.2. The molecule has 1 aromatic rings. The molecule has 1 N–H and O–H groups in total. The third-order valence-electron chi connectivity index (χ3n) is 3.59. The van der Waals surface area contributed by atoms with E-state index in [1.165, 1.54) is 25.3 Å². The highest BCUT2D eigenvalue weighted by atomic mass is 16.6. The fraction of sp³-hybridized carbons (Fsp3) is 0.500. The number of rotatable bonds is 3. The summed E-state index contributed by atoms with van der Waals surface area (Å²) in [5.41, 5.74) is -0.767. The summed E-state index contributed by atoms with van der Waals surface area (Å²) in [7, 11) is 1.36. The fourth-order valence-electron chi connectivity index (χ4n) is 2.53. The zero-order chi connectivity index (χ0) is 15.6. The Kier molecular flexibility index (Phi) is 4.13. The molecule has 1 heterocycles. The lowest BCUT2D eigenvalue weighted by atomic mass is 9.94. The van der Waals surface area contributed by atoms with E-state index in [9.17, 15) is 20.0 Å². The molecule has 0 spiro atoms. The molecule has 0 radical (unpaired) electrons. The molecule has 1 saturated heterocycles. The number of nitro groups is 1. The van der Waals surface area contributed by atoms with Gasteiger partial charge < -0.3 is 14.7 Å². The number of nitrogens with zero attached hydrogens (tertiary/aromatic N) is 2. The van der Waals surface area contributed by atoms with Gasteiger partial charge in [-0.15, -0.1) is 0 Å².